The molecule has 12 heavy (non-hydrogen) atoms. The maximum atomic E-state index is 4.19. The van der Waals surface area contributed by atoms with Gasteiger partial charge >= 0.3 is 0 Å². The Labute approximate surface area is 71.5 Å². The summed E-state index contributed by atoms with van der Waals surface area (Å²) >= 11 is 0. The van der Waals surface area contributed by atoms with Crippen LogP contribution in [-0.4, -0.2) is 9.55 Å². The Morgan fingerprint density at radius 1 is 1.25 bits per heavy atom. The van der Waals surface area contributed by atoms with E-state index in [1.165, 1.54) is 0 Å². The Hall–Kier alpha value is -1.57. The summed E-state index contributed by atoms with van der Waals surface area (Å²) in [6.07, 6.45) is 4.66. The lowest BCUT2D eigenvalue weighted by Gasteiger charge is -1.99. The fourth-order valence-electron chi connectivity index (χ4n) is 1.18. The van der Waals surface area contributed by atoms with Crippen molar-refractivity contribution >= 4 is 0 Å². The topological polar surface area (TPSA) is 17.8 Å². The molecule has 0 spiro atoms. The van der Waals surface area contributed by atoms with E-state index in [1.54, 1.807) is 6.20 Å². The van der Waals surface area contributed by atoms with Crippen LogP contribution in [0.2, 0.25) is 0 Å². The van der Waals surface area contributed by atoms with Crippen LogP contribution < -0.4 is 0 Å². The lowest BCUT2D eigenvalue weighted by atomic mass is 10.2. The maximum Gasteiger partial charge on any atom is 0.140 e. The summed E-state index contributed by atoms with van der Waals surface area (Å²) in [5, 5.41) is 0. The molecule has 1 radical (unpaired) electrons. The summed E-state index contributed by atoms with van der Waals surface area (Å²) < 4.78 is 1.88. The minimum absolute atomic E-state index is 0.954. The van der Waals surface area contributed by atoms with Crippen LogP contribution in [0.25, 0.3) is 11.4 Å². The molecule has 2 rings (SSSR count). The molecule has 1 aromatic carbocycles. The second-order valence-electron chi connectivity index (χ2n) is 2.64. The molecule has 0 aliphatic carbocycles. The minimum atomic E-state index is 0.954. The Balaban J connectivity index is 2.51. The summed E-state index contributed by atoms with van der Waals surface area (Å²) in [7, 11) is 1.94. The zero-order valence-electron chi connectivity index (χ0n) is 6.86. The average Bonchev–Trinajstić information content (AvgIpc) is 2.53. The van der Waals surface area contributed by atoms with Crippen LogP contribution in [0.1, 0.15) is 0 Å². The molecule has 2 aromatic rings. The van der Waals surface area contributed by atoms with Crippen molar-refractivity contribution < 1.29 is 0 Å². The number of rotatable bonds is 1. The Morgan fingerprint density at radius 2 is 2.00 bits per heavy atom. The first-order valence-corrected chi connectivity index (χ1v) is 3.83. The van der Waals surface area contributed by atoms with Gasteiger partial charge in [0.1, 0.15) is 5.82 Å². The van der Waals surface area contributed by atoms with E-state index in [4.69, 9.17) is 0 Å². The van der Waals surface area contributed by atoms with Gasteiger partial charge in [0.2, 0.25) is 0 Å². The first-order chi connectivity index (χ1) is 5.88. The molecule has 1 heterocycles. The first-order valence-electron chi connectivity index (χ1n) is 3.83. The van der Waals surface area contributed by atoms with Gasteiger partial charge in [-0.25, -0.2) is 4.98 Å². The normalized spacial score (nSPS) is 10.1. The molecule has 0 unspecified atom stereocenters. The van der Waals surface area contributed by atoms with E-state index in [2.05, 4.69) is 11.2 Å². The first kappa shape index (κ1) is 7.10. The fourth-order valence-corrected chi connectivity index (χ4v) is 1.18. The van der Waals surface area contributed by atoms with Crippen molar-refractivity contribution in [2.24, 2.45) is 7.05 Å². The quantitative estimate of drug-likeness (QED) is 0.618. The number of benzene rings is 1. The van der Waals surface area contributed by atoms with Crippen molar-refractivity contribution in [1.82, 2.24) is 9.55 Å². The SMILES string of the molecule is Cn1[c]cnc1-c1ccccc1. The fraction of sp³-hybridized carbons (Fsp3) is 0.100. The van der Waals surface area contributed by atoms with Gasteiger partial charge in [0.05, 0.1) is 12.4 Å². The van der Waals surface area contributed by atoms with Gasteiger partial charge in [-0.15, -0.1) is 0 Å². The van der Waals surface area contributed by atoms with Crippen molar-refractivity contribution in [2.45, 2.75) is 0 Å². The summed E-state index contributed by atoms with van der Waals surface area (Å²) in [6, 6.07) is 10.1. The molecule has 0 saturated heterocycles. The van der Waals surface area contributed by atoms with Crippen molar-refractivity contribution in [3.63, 3.8) is 0 Å². The number of hydrogen-bond acceptors (Lipinski definition) is 1. The highest BCUT2D eigenvalue weighted by Crippen LogP contribution is 2.14. The third-order valence-corrected chi connectivity index (χ3v) is 1.79. The highest BCUT2D eigenvalue weighted by atomic mass is 15.0. The number of aryl methyl sites for hydroxylation is 1. The predicted octanol–water partition coefficient (Wildman–Crippen LogP) is 1.89. The van der Waals surface area contributed by atoms with Gasteiger partial charge in [-0.2, -0.15) is 0 Å². The molecular formula is C10H9N2. The second-order valence-corrected chi connectivity index (χ2v) is 2.64. The van der Waals surface area contributed by atoms with Gasteiger partial charge in [0.25, 0.3) is 0 Å². The largest absolute Gasteiger partial charge is 0.326 e. The molecule has 0 saturated carbocycles. The molecule has 0 fully saturated rings. The molecule has 0 atom stereocenters. The van der Waals surface area contributed by atoms with Crippen molar-refractivity contribution in [2.75, 3.05) is 0 Å². The van der Waals surface area contributed by atoms with Crippen molar-refractivity contribution in [3.8, 4) is 11.4 Å². The van der Waals surface area contributed by atoms with E-state index in [1.807, 2.05) is 41.9 Å². The molecule has 59 valence electrons. The molecular weight excluding hydrogens is 148 g/mol. The van der Waals surface area contributed by atoms with Crippen LogP contribution in [0.15, 0.2) is 36.5 Å². The van der Waals surface area contributed by atoms with Crippen LogP contribution in [0.3, 0.4) is 0 Å². The van der Waals surface area contributed by atoms with Crippen molar-refractivity contribution in [3.05, 3.63) is 42.7 Å². The Kier molecular flexibility index (Phi) is 1.67. The zero-order chi connectivity index (χ0) is 8.39. The van der Waals surface area contributed by atoms with Gasteiger partial charge in [0.15, 0.2) is 0 Å². The molecule has 2 heteroatoms. The van der Waals surface area contributed by atoms with Crippen LogP contribution in [0, 0.1) is 6.20 Å². The van der Waals surface area contributed by atoms with E-state index in [-0.39, 0.29) is 0 Å². The average molecular weight is 157 g/mol. The summed E-state index contributed by atoms with van der Waals surface area (Å²) in [6.45, 7) is 0. The van der Waals surface area contributed by atoms with Crippen LogP contribution in [-0.2, 0) is 7.05 Å². The summed E-state index contributed by atoms with van der Waals surface area (Å²) in [5.41, 5.74) is 1.13. The number of imidazole rings is 1. The maximum absolute atomic E-state index is 4.19. The molecule has 0 bridgehead atoms. The van der Waals surface area contributed by atoms with Gasteiger partial charge in [0, 0.05) is 12.6 Å². The third-order valence-electron chi connectivity index (χ3n) is 1.79. The third kappa shape index (κ3) is 1.11. The van der Waals surface area contributed by atoms with E-state index in [0.29, 0.717) is 0 Å². The standard InChI is InChI=1S/C10H9N2/c1-12-8-7-11-10(12)9-5-3-2-4-6-9/h2-7H,1H3. The van der Waals surface area contributed by atoms with Crippen molar-refractivity contribution in [1.29, 1.82) is 0 Å². The highest BCUT2D eigenvalue weighted by molar-refractivity contribution is 5.54. The predicted molar refractivity (Wildman–Crippen MR) is 47.5 cm³/mol. The monoisotopic (exact) mass is 157 g/mol. The van der Waals surface area contributed by atoms with Crippen LogP contribution >= 0.6 is 0 Å². The van der Waals surface area contributed by atoms with E-state index < -0.39 is 0 Å². The van der Waals surface area contributed by atoms with E-state index in [9.17, 15) is 0 Å². The van der Waals surface area contributed by atoms with Gasteiger partial charge in [-0.05, 0) is 0 Å². The summed E-state index contributed by atoms with van der Waals surface area (Å²) in [4.78, 5) is 4.19. The number of nitrogens with zero attached hydrogens (tertiary/aromatic N) is 2. The van der Waals surface area contributed by atoms with E-state index in [0.717, 1.165) is 11.4 Å². The molecule has 2 nitrogen and oxygen atoms in total. The molecule has 0 aliphatic heterocycles. The lowest BCUT2D eigenvalue weighted by Crippen LogP contribution is -1.90. The van der Waals surface area contributed by atoms with E-state index >= 15 is 0 Å². The Bertz CT molecular complexity index is 362. The zero-order valence-corrected chi connectivity index (χ0v) is 6.86. The van der Waals surface area contributed by atoms with Crippen LogP contribution in [0.4, 0.5) is 0 Å². The lowest BCUT2D eigenvalue weighted by molar-refractivity contribution is 0.917. The summed E-state index contributed by atoms with van der Waals surface area (Å²) in [5.74, 6) is 0.954. The highest BCUT2D eigenvalue weighted by Gasteiger charge is 2.00. The smallest absolute Gasteiger partial charge is 0.140 e. The number of hydrogen-bond donors (Lipinski definition) is 0. The molecule has 0 N–H and O–H groups in total. The molecule has 0 amide bonds. The molecule has 0 aliphatic rings. The second kappa shape index (κ2) is 2.81. The molecule has 1 aromatic heterocycles. The van der Waals surface area contributed by atoms with Gasteiger partial charge in [-0.3, -0.25) is 0 Å². The van der Waals surface area contributed by atoms with Gasteiger partial charge in [-0.1, -0.05) is 30.3 Å². The van der Waals surface area contributed by atoms with Gasteiger partial charge < -0.3 is 4.57 Å². The Morgan fingerprint density at radius 3 is 2.58 bits per heavy atom. The minimum Gasteiger partial charge on any atom is -0.326 e. The van der Waals surface area contributed by atoms with Crippen LogP contribution in [0.5, 0.6) is 0 Å². The number of aromatic nitrogens is 2.